The molecule has 1 saturated carbocycles. The molecule has 11 nitrogen and oxygen atoms in total. The zero-order chi connectivity index (χ0) is 20.1. The summed E-state index contributed by atoms with van der Waals surface area (Å²) in [7, 11) is -2.33. The van der Waals surface area contributed by atoms with Crippen LogP contribution >= 0.6 is 7.75 Å². The van der Waals surface area contributed by atoms with Crippen LogP contribution in [0.15, 0.2) is 16.7 Å². The maximum absolute atomic E-state index is 12.6. The molecule has 0 amide bonds. The third-order valence-electron chi connectivity index (χ3n) is 4.86. The molecule has 0 aromatic carbocycles. The maximum Gasteiger partial charge on any atom is 0.406 e. The van der Waals surface area contributed by atoms with E-state index in [4.69, 9.17) is 9.05 Å². The van der Waals surface area contributed by atoms with Gasteiger partial charge in [0.15, 0.2) is 11.2 Å². The Balaban J connectivity index is 1.49. The molecule has 2 aromatic heterocycles. The van der Waals surface area contributed by atoms with Crippen molar-refractivity contribution in [2.45, 2.75) is 26.3 Å². The number of H-pyrrole nitrogens is 1. The molecular formula is C16H20N5O6P. The topological polar surface area (TPSA) is 137 Å². The van der Waals surface area contributed by atoms with E-state index in [1.165, 1.54) is 20.4 Å². The third-order valence-corrected chi connectivity index (χ3v) is 6.50. The lowest BCUT2D eigenvalue weighted by molar-refractivity contribution is -0.142. The molecule has 4 rings (SSSR count). The van der Waals surface area contributed by atoms with Gasteiger partial charge in [-0.25, -0.2) is 19.6 Å². The fourth-order valence-corrected chi connectivity index (χ4v) is 4.76. The van der Waals surface area contributed by atoms with Crippen molar-refractivity contribution in [1.29, 1.82) is 0 Å². The smallest absolute Gasteiger partial charge is 0.406 e. The van der Waals surface area contributed by atoms with Gasteiger partial charge in [-0.15, -0.1) is 0 Å². The van der Waals surface area contributed by atoms with Crippen LogP contribution in [0.1, 0.15) is 19.2 Å². The van der Waals surface area contributed by atoms with E-state index in [2.05, 4.69) is 24.8 Å². The van der Waals surface area contributed by atoms with E-state index in [1.807, 2.05) is 6.20 Å². The summed E-state index contributed by atoms with van der Waals surface area (Å²) in [6, 6.07) is -0.816. The minimum Gasteiger partial charge on any atom is -0.468 e. The van der Waals surface area contributed by atoms with Crippen molar-refractivity contribution in [2.24, 2.45) is 5.41 Å². The summed E-state index contributed by atoms with van der Waals surface area (Å²) >= 11 is 0. The fraction of sp³-hybridized carbons (Fsp3) is 0.500. The molecule has 2 fully saturated rings. The molecule has 1 saturated heterocycles. The van der Waals surface area contributed by atoms with Crippen molar-refractivity contribution in [3.8, 4) is 0 Å². The van der Waals surface area contributed by atoms with Crippen molar-refractivity contribution in [1.82, 2.24) is 24.6 Å². The first kappa shape index (κ1) is 19.0. The molecular weight excluding hydrogens is 389 g/mol. The monoisotopic (exact) mass is 409 g/mol. The Bertz CT molecular complexity index is 1080. The van der Waals surface area contributed by atoms with Gasteiger partial charge in [0.2, 0.25) is 0 Å². The lowest BCUT2D eigenvalue weighted by Crippen LogP contribution is -2.37. The summed E-state index contributed by atoms with van der Waals surface area (Å²) in [6.07, 6.45) is 4.07. The number of hydrogen-bond acceptors (Lipinski definition) is 8. The normalized spacial score (nSPS) is 29.3. The highest BCUT2D eigenvalue weighted by atomic mass is 31.2. The van der Waals surface area contributed by atoms with Gasteiger partial charge in [0.25, 0.3) is 5.56 Å². The summed E-state index contributed by atoms with van der Waals surface area (Å²) in [5.74, 6) is -0.0567. The Hall–Kier alpha value is -2.33. The molecule has 2 N–H and O–H groups in total. The number of hydrogen-bond donors (Lipinski definition) is 2. The van der Waals surface area contributed by atoms with E-state index < -0.39 is 19.8 Å². The van der Waals surface area contributed by atoms with E-state index in [1.54, 1.807) is 11.5 Å². The minimum atomic E-state index is -3.58. The number of imidazole rings is 1. The highest BCUT2D eigenvalue weighted by Gasteiger charge is 2.55. The average Bonchev–Trinajstić information content (AvgIpc) is 3.16. The predicted octanol–water partition coefficient (Wildman–Crippen LogP) is 0.965. The van der Waals surface area contributed by atoms with E-state index in [0.29, 0.717) is 17.9 Å². The lowest BCUT2D eigenvalue weighted by atomic mass is 10.1. The van der Waals surface area contributed by atoms with Gasteiger partial charge < -0.3 is 9.72 Å². The second-order valence-corrected chi connectivity index (χ2v) is 8.77. The molecule has 1 aliphatic carbocycles. The summed E-state index contributed by atoms with van der Waals surface area (Å²) < 4.78 is 29.8. The molecule has 0 bridgehead atoms. The number of methoxy groups -OCH3 is 1. The molecule has 1 unspecified atom stereocenters. The molecule has 28 heavy (non-hydrogen) atoms. The SMILES string of the molecule is COC(=O)C(C)NP1(=O)OCC2(CO1)C/C2=C/n1cnc2c(=O)[nH]c(C)nc21. The number of rotatable bonds is 4. The van der Waals surface area contributed by atoms with E-state index >= 15 is 0 Å². The van der Waals surface area contributed by atoms with Gasteiger partial charge >= 0.3 is 13.7 Å². The van der Waals surface area contributed by atoms with Crippen LogP contribution in [0.25, 0.3) is 17.4 Å². The Labute approximate surface area is 159 Å². The van der Waals surface area contributed by atoms with Crippen molar-refractivity contribution in [3.63, 3.8) is 0 Å². The van der Waals surface area contributed by atoms with Crippen molar-refractivity contribution >= 4 is 31.1 Å². The first-order valence-corrected chi connectivity index (χ1v) is 10.2. The van der Waals surface area contributed by atoms with Crippen LogP contribution in [0, 0.1) is 12.3 Å². The zero-order valence-electron chi connectivity index (χ0n) is 15.6. The number of aromatic amines is 1. The number of carbonyl (C=O) groups excluding carboxylic acids is 1. The van der Waals surface area contributed by atoms with Gasteiger partial charge in [0, 0.05) is 11.6 Å². The van der Waals surface area contributed by atoms with Crippen LogP contribution in [0.5, 0.6) is 0 Å². The average molecular weight is 409 g/mol. The molecule has 2 aliphatic rings. The Morgan fingerprint density at radius 1 is 1.50 bits per heavy atom. The van der Waals surface area contributed by atoms with Crippen molar-refractivity contribution < 1.29 is 23.1 Å². The number of esters is 1. The third kappa shape index (κ3) is 3.30. The standard InChI is InChI=1S/C16H20N5O6P/c1-9(15(23)25-3)20-28(24)26-6-16(7-27-28)4-11(16)5-21-8-17-12-13(21)18-10(2)19-14(12)22/h5,8-9H,4,6-7H2,1-3H3,(H,20,24)(H,18,19,22)/b11-5-. The Kier molecular flexibility index (Phi) is 4.50. The number of carbonyl (C=O) groups is 1. The number of ether oxygens (including phenoxy) is 1. The number of aryl methyl sites for hydroxylation is 1. The van der Waals surface area contributed by atoms with Crippen LogP contribution in [-0.2, 0) is 23.1 Å². The second kappa shape index (κ2) is 6.63. The first-order chi connectivity index (χ1) is 13.3. The highest BCUT2D eigenvalue weighted by molar-refractivity contribution is 7.51. The quantitative estimate of drug-likeness (QED) is 0.559. The second-order valence-electron chi connectivity index (χ2n) is 7.01. The number of aromatic nitrogens is 4. The van der Waals surface area contributed by atoms with Crippen LogP contribution < -0.4 is 10.6 Å². The van der Waals surface area contributed by atoms with Gasteiger partial charge in [-0.1, -0.05) is 0 Å². The minimum absolute atomic E-state index is 0.191. The van der Waals surface area contributed by atoms with Crippen molar-refractivity contribution in [2.75, 3.05) is 20.3 Å². The maximum atomic E-state index is 12.6. The van der Waals surface area contributed by atoms with Crippen LogP contribution in [0.2, 0.25) is 0 Å². The van der Waals surface area contributed by atoms with E-state index in [9.17, 15) is 14.2 Å². The molecule has 1 spiro atoms. The highest BCUT2D eigenvalue weighted by Crippen LogP contribution is 2.62. The summed E-state index contributed by atoms with van der Waals surface area (Å²) in [5, 5.41) is 2.56. The summed E-state index contributed by atoms with van der Waals surface area (Å²) in [4.78, 5) is 34.5. The van der Waals surface area contributed by atoms with Crippen molar-refractivity contribution in [3.05, 3.63) is 28.1 Å². The van der Waals surface area contributed by atoms with Gasteiger partial charge in [-0.2, -0.15) is 0 Å². The predicted molar refractivity (Wildman–Crippen MR) is 98.3 cm³/mol. The fourth-order valence-electron chi connectivity index (χ4n) is 3.13. The Morgan fingerprint density at radius 3 is 2.89 bits per heavy atom. The van der Waals surface area contributed by atoms with Crippen LogP contribution in [-0.4, -0.2) is 51.9 Å². The van der Waals surface area contributed by atoms with Crippen LogP contribution in [0.3, 0.4) is 0 Å². The largest absolute Gasteiger partial charge is 0.468 e. The number of fused-ring (bicyclic) bond motifs is 1. The van der Waals surface area contributed by atoms with Crippen LogP contribution in [0.4, 0.5) is 0 Å². The molecule has 0 radical (unpaired) electrons. The van der Waals surface area contributed by atoms with E-state index in [0.717, 1.165) is 5.57 Å². The first-order valence-electron chi connectivity index (χ1n) is 8.65. The molecule has 1 aliphatic heterocycles. The zero-order valence-corrected chi connectivity index (χ0v) is 16.5. The lowest BCUT2D eigenvalue weighted by Gasteiger charge is -2.30. The van der Waals surface area contributed by atoms with Gasteiger partial charge in [0.05, 0.1) is 20.3 Å². The number of nitrogens with one attached hydrogen (secondary N) is 2. The molecule has 150 valence electrons. The molecule has 3 heterocycles. The van der Waals surface area contributed by atoms with E-state index in [-0.39, 0.29) is 29.7 Å². The summed E-state index contributed by atoms with van der Waals surface area (Å²) in [5.41, 5.74) is 1.07. The summed E-state index contributed by atoms with van der Waals surface area (Å²) in [6.45, 7) is 3.60. The molecule has 12 heteroatoms. The Morgan fingerprint density at radius 2 is 2.21 bits per heavy atom. The number of nitrogens with zero attached hydrogens (tertiary/aromatic N) is 3. The van der Waals surface area contributed by atoms with Gasteiger partial charge in [0.1, 0.15) is 18.2 Å². The van der Waals surface area contributed by atoms with Gasteiger partial charge in [-0.05, 0) is 25.8 Å². The van der Waals surface area contributed by atoms with Gasteiger partial charge in [-0.3, -0.25) is 23.2 Å². The molecule has 2 aromatic rings. The molecule has 1 atom stereocenters.